The van der Waals surface area contributed by atoms with Crippen molar-refractivity contribution >= 4 is 17.6 Å². The first-order valence-corrected chi connectivity index (χ1v) is 11.2. The molecule has 8 heteroatoms. The first kappa shape index (κ1) is 22.3. The van der Waals surface area contributed by atoms with Crippen LogP contribution in [0.15, 0.2) is 24.3 Å². The molecule has 0 bridgehead atoms. The SMILES string of the molecule is COCCC(=O)N1CCC[C@H](c2nc(C)c3c(n2)N(CCc2ccccc2F)C(=O)C3)C1. The summed E-state index contributed by atoms with van der Waals surface area (Å²) in [5, 5.41) is 0. The van der Waals surface area contributed by atoms with Gasteiger partial charge in [-0.05, 0) is 37.8 Å². The van der Waals surface area contributed by atoms with Gasteiger partial charge in [0.2, 0.25) is 11.8 Å². The van der Waals surface area contributed by atoms with Gasteiger partial charge >= 0.3 is 0 Å². The zero-order chi connectivity index (χ0) is 22.7. The number of rotatable bonds is 7. The average molecular weight is 441 g/mol. The molecule has 1 saturated heterocycles. The van der Waals surface area contributed by atoms with Crippen LogP contribution in [0.3, 0.4) is 0 Å². The van der Waals surface area contributed by atoms with Crippen LogP contribution in [-0.4, -0.2) is 60.0 Å². The van der Waals surface area contributed by atoms with Crippen LogP contribution < -0.4 is 4.90 Å². The summed E-state index contributed by atoms with van der Waals surface area (Å²) in [6.07, 6.45) is 2.84. The van der Waals surface area contributed by atoms with Crippen molar-refractivity contribution in [2.45, 2.75) is 44.9 Å². The van der Waals surface area contributed by atoms with E-state index in [9.17, 15) is 14.0 Å². The summed E-state index contributed by atoms with van der Waals surface area (Å²) in [4.78, 5) is 38.2. The lowest BCUT2D eigenvalue weighted by Gasteiger charge is -2.32. The van der Waals surface area contributed by atoms with Crippen LogP contribution in [0.5, 0.6) is 0 Å². The highest BCUT2D eigenvalue weighted by Gasteiger charge is 2.33. The number of amides is 2. The van der Waals surface area contributed by atoms with Gasteiger partial charge in [-0.1, -0.05) is 18.2 Å². The Morgan fingerprint density at radius 2 is 2.09 bits per heavy atom. The number of hydrogen-bond acceptors (Lipinski definition) is 5. The number of fused-ring (bicyclic) bond motifs is 1. The van der Waals surface area contributed by atoms with Crippen molar-refractivity contribution in [1.29, 1.82) is 0 Å². The first-order valence-electron chi connectivity index (χ1n) is 11.2. The predicted octanol–water partition coefficient (Wildman–Crippen LogP) is 2.80. The maximum absolute atomic E-state index is 14.0. The molecule has 1 atom stereocenters. The predicted molar refractivity (Wildman–Crippen MR) is 118 cm³/mol. The lowest BCUT2D eigenvalue weighted by atomic mass is 9.96. The van der Waals surface area contributed by atoms with Crippen LogP contribution in [0.1, 0.15) is 47.8 Å². The molecule has 2 aliphatic rings. The molecule has 3 heterocycles. The van der Waals surface area contributed by atoms with Gasteiger partial charge in [0.25, 0.3) is 0 Å². The van der Waals surface area contributed by atoms with E-state index >= 15 is 0 Å². The van der Waals surface area contributed by atoms with Crippen LogP contribution in [0.2, 0.25) is 0 Å². The molecule has 7 nitrogen and oxygen atoms in total. The van der Waals surface area contributed by atoms with Crippen LogP contribution in [-0.2, 0) is 27.2 Å². The van der Waals surface area contributed by atoms with E-state index in [-0.39, 0.29) is 30.0 Å². The number of nitrogens with zero attached hydrogens (tertiary/aromatic N) is 4. The topological polar surface area (TPSA) is 75.6 Å². The Hall–Kier alpha value is -2.87. The fourth-order valence-corrected chi connectivity index (χ4v) is 4.51. The number of likely N-dealkylation sites (tertiary alicyclic amines) is 1. The molecule has 4 rings (SSSR count). The number of carbonyl (C=O) groups is 2. The van der Waals surface area contributed by atoms with E-state index in [1.807, 2.05) is 11.8 Å². The molecule has 0 saturated carbocycles. The van der Waals surface area contributed by atoms with E-state index in [0.717, 1.165) is 30.6 Å². The molecule has 0 radical (unpaired) electrons. The Morgan fingerprint density at radius 3 is 2.88 bits per heavy atom. The van der Waals surface area contributed by atoms with Crippen LogP contribution >= 0.6 is 0 Å². The van der Waals surface area contributed by atoms with Crippen molar-refractivity contribution in [2.24, 2.45) is 0 Å². The molecule has 1 aromatic heterocycles. The molecule has 1 aromatic carbocycles. The third-order valence-electron chi connectivity index (χ3n) is 6.32. The fourth-order valence-electron chi connectivity index (χ4n) is 4.51. The number of hydrogen-bond donors (Lipinski definition) is 0. The highest BCUT2D eigenvalue weighted by molar-refractivity contribution is 6.00. The molecule has 0 unspecified atom stereocenters. The first-order chi connectivity index (χ1) is 15.5. The van der Waals surface area contributed by atoms with Crippen molar-refractivity contribution in [2.75, 3.05) is 38.3 Å². The zero-order valence-electron chi connectivity index (χ0n) is 18.6. The van der Waals surface area contributed by atoms with E-state index < -0.39 is 0 Å². The third-order valence-corrected chi connectivity index (χ3v) is 6.32. The lowest BCUT2D eigenvalue weighted by Crippen LogP contribution is -2.40. The summed E-state index contributed by atoms with van der Waals surface area (Å²) in [5.74, 6) is 1.12. The highest BCUT2D eigenvalue weighted by atomic mass is 19.1. The minimum atomic E-state index is -0.264. The number of benzene rings is 1. The van der Waals surface area contributed by atoms with Gasteiger partial charge in [0.05, 0.1) is 19.4 Å². The number of anilines is 1. The standard InChI is InChI=1S/C24H29FN4O3/c1-16-19-14-22(31)29(12-9-17-6-3-4-8-20(17)25)24(19)27-23(26-16)18-7-5-11-28(15-18)21(30)10-13-32-2/h3-4,6,8,18H,5,7,9-15H2,1-2H3/t18-/m0/s1. The van der Waals surface area contributed by atoms with Gasteiger partial charge in [-0.25, -0.2) is 14.4 Å². The smallest absolute Gasteiger partial charge is 0.232 e. The normalized spacial score (nSPS) is 18.2. The average Bonchev–Trinajstić information content (AvgIpc) is 3.12. The summed E-state index contributed by atoms with van der Waals surface area (Å²) < 4.78 is 19.1. The Bertz CT molecular complexity index is 1010. The Morgan fingerprint density at radius 1 is 1.28 bits per heavy atom. The Kier molecular flexibility index (Phi) is 6.79. The minimum absolute atomic E-state index is 0.0309. The number of piperidine rings is 1. The number of aryl methyl sites for hydroxylation is 1. The van der Waals surface area contributed by atoms with Crippen molar-refractivity contribution < 1.29 is 18.7 Å². The van der Waals surface area contributed by atoms with Gasteiger partial charge in [-0.15, -0.1) is 0 Å². The van der Waals surface area contributed by atoms with Crippen LogP contribution in [0.25, 0.3) is 0 Å². The van der Waals surface area contributed by atoms with E-state index in [2.05, 4.69) is 0 Å². The van der Waals surface area contributed by atoms with E-state index in [4.69, 9.17) is 14.7 Å². The van der Waals surface area contributed by atoms with E-state index in [0.29, 0.717) is 49.7 Å². The second kappa shape index (κ2) is 9.73. The highest BCUT2D eigenvalue weighted by Crippen LogP contribution is 2.33. The molecule has 2 aliphatic heterocycles. The number of carbonyl (C=O) groups excluding carboxylic acids is 2. The molecule has 0 spiro atoms. The van der Waals surface area contributed by atoms with Crippen molar-refractivity contribution in [3.63, 3.8) is 0 Å². The molecular formula is C24H29FN4O3. The van der Waals surface area contributed by atoms with Gasteiger partial charge in [0.1, 0.15) is 17.5 Å². The summed E-state index contributed by atoms with van der Waals surface area (Å²) >= 11 is 0. The zero-order valence-corrected chi connectivity index (χ0v) is 18.6. The molecule has 1 fully saturated rings. The van der Waals surface area contributed by atoms with Crippen LogP contribution in [0, 0.1) is 12.7 Å². The molecule has 2 aromatic rings. The summed E-state index contributed by atoms with van der Waals surface area (Å²) in [7, 11) is 1.59. The van der Waals surface area contributed by atoms with Crippen LogP contribution in [0.4, 0.5) is 10.2 Å². The Balaban J connectivity index is 1.53. The molecule has 0 N–H and O–H groups in total. The second-order valence-corrected chi connectivity index (χ2v) is 8.45. The molecular weight excluding hydrogens is 411 g/mol. The molecule has 32 heavy (non-hydrogen) atoms. The third kappa shape index (κ3) is 4.65. The summed E-state index contributed by atoms with van der Waals surface area (Å²) in [6, 6.07) is 6.63. The van der Waals surface area contributed by atoms with Crippen molar-refractivity contribution in [3.05, 3.63) is 52.7 Å². The maximum Gasteiger partial charge on any atom is 0.232 e. The monoisotopic (exact) mass is 440 g/mol. The van der Waals surface area contributed by atoms with Gasteiger partial charge in [0.15, 0.2) is 0 Å². The second-order valence-electron chi connectivity index (χ2n) is 8.45. The molecule has 170 valence electrons. The molecule has 0 aliphatic carbocycles. The Labute approximate surface area is 187 Å². The maximum atomic E-state index is 14.0. The van der Waals surface area contributed by atoms with Gasteiger partial charge in [-0.3, -0.25) is 14.5 Å². The number of methoxy groups -OCH3 is 1. The number of ether oxygens (including phenoxy) is 1. The largest absolute Gasteiger partial charge is 0.384 e. The lowest BCUT2D eigenvalue weighted by molar-refractivity contribution is -0.133. The summed E-state index contributed by atoms with van der Waals surface area (Å²) in [5.41, 5.74) is 2.22. The fraction of sp³-hybridized carbons (Fsp3) is 0.500. The summed E-state index contributed by atoms with van der Waals surface area (Å²) in [6.45, 7) is 3.99. The number of halogens is 1. The van der Waals surface area contributed by atoms with Gasteiger partial charge in [-0.2, -0.15) is 0 Å². The minimum Gasteiger partial charge on any atom is -0.384 e. The van der Waals surface area contributed by atoms with Crippen molar-refractivity contribution in [3.8, 4) is 0 Å². The van der Waals surface area contributed by atoms with Gasteiger partial charge < -0.3 is 9.64 Å². The van der Waals surface area contributed by atoms with E-state index in [1.165, 1.54) is 6.07 Å². The van der Waals surface area contributed by atoms with Crippen molar-refractivity contribution in [1.82, 2.24) is 14.9 Å². The number of aromatic nitrogens is 2. The van der Waals surface area contributed by atoms with Gasteiger partial charge in [0, 0.05) is 43.9 Å². The molecule has 2 amide bonds. The van der Waals surface area contributed by atoms with E-state index in [1.54, 1.807) is 30.2 Å². The quantitative estimate of drug-likeness (QED) is 0.662.